The van der Waals surface area contributed by atoms with Crippen LogP contribution in [0.1, 0.15) is 11.3 Å². The van der Waals surface area contributed by atoms with Gasteiger partial charge >= 0.3 is 6.03 Å². The third kappa shape index (κ3) is 2.95. The van der Waals surface area contributed by atoms with Crippen molar-refractivity contribution in [2.24, 2.45) is 0 Å². The molecular formula is C15H12Cl2N4O2. The number of aromatic nitrogens is 2. The minimum absolute atomic E-state index is 0.247. The molecule has 6 nitrogen and oxygen atoms in total. The zero-order chi connectivity index (χ0) is 16.6. The summed E-state index contributed by atoms with van der Waals surface area (Å²) < 4.78 is 5.15. The number of carbonyl (C=O) groups excluding carboxylic acids is 1. The fourth-order valence-corrected chi connectivity index (χ4v) is 2.51. The van der Waals surface area contributed by atoms with E-state index >= 15 is 0 Å². The SMILES string of the molecule is Cc1nc2onc(NC(=O)Nc3ccccc3Cl)c2c(C)c1Cl. The Kier molecular flexibility index (Phi) is 4.11. The van der Waals surface area contributed by atoms with Crippen LogP contribution in [0.2, 0.25) is 10.0 Å². The number of carbonyl (C=O) groups is 1. The molecule has 0 saturated heterocycles. The number of hydrogen-bond donors (Lipinski definition) is 2. The molecular weight excluding hydrogens is 339 g/mol. The number of amides is 2. The van der Waals surface area contributed by atoms with Gasteiger partial charge in [0.25, 0.3) is 5.71 Å². The number of benzene rings is 1. The molecule has 0 fully saturated rings. The highest BCUT2D eigenvalue weighted by atomic mass is 35.5. The fraction of sp³-hybridized carbons (Fsp3) is 0.133. The first kappa shape index (κ1) is 15.6. The maximum absolute atomic E-state index is 12.1. The normalized spacial score (nSPS) is 10.8. The number of pyridine rings is 1. The van der Waals surface area contributed by atoms with Crippen LogP contribution >= 0.6 is 23.2 Å². The van der Waals surface area contributed by atoms with Crippen molar-refractivity contribution in [3.8, 4) is 0 Å². The first-order chi connectivity index (χ1) is 11.0. The van der Waals surface area contributed by atoms with Gasteiger partial charge in [0.1, 0.15) is 0 Å². The summed E-state index contributed by atoms with van der Waals surface area (Å²) in [6.45, 7) is 3.59. The van der Waals surface area contributed by atoms with Crippen molar-refractivity contribution in [2.75, 3.05) is 10.6 Å². The molecule has 8 heteroatoms. The van der Waals surface area contributed by atoms with E-state index in [1.165, 1.54) is 0 Å². The van der Waals surface area contributed by atoms with Crippen molar-refractivity contribution in [2.45, 2.75) is 13.8 Å². The monoisotopic (exact) mass is 350 g/mol. The number of anilines is 2. The summed E-state index contributed by atoms with van der Waals surface area (Å²) in [5, 5.41) is 10.6. The highest BCUT2D eigenvalue weighted by molar-refractivity contribution is 6.34. The molecule has 3 rings (SSSR count). The van der Waals surface area contributed by atoms with Crippen LogP contribution < -0.4 is 10.6 Å². The first-order valence-electron chi connectivity index (χ1n) is 6.72. The molecule has 1 aromatic carbocycles. The lowest BCUT2D eigenvalue weighted by molar-refractivity contribution is 0.262. The van der Waals surface area contributed by atoms with Crippen LogP contribution in [0.25, 0.3) is 11.1 Å². The minimum atomic E-state index is -0.496. The Morgan fingerprint density at radius 1 is 1.17 bits per heavy atom. The van der Waals surface area contributed by atoms with Gasteiger partial charge in [0.15, 0.2) is 5.82 Å². The van der Waals surface area contributed by atoms with Crippen molar-refractivity contribution in [3.05, 3.63) is 45.6 Å². The number of nitrogens with one attached hydrogen (secondary N) is 2. The fourth-order valence-electron chi connectivity index (χ4n) is 2.19. The van der Waals surface area contributed by atoms with E-state index in [1.54, 1.807) is 31.2 Å². The molecule has 2 N–H and O–H groups in total. The van der Waals surface area contributed by atoms with Gasteiger partial charge in [-0.25, -0.2) is 9.78 Å². The van der Waals surface area contributed by atoms with Gasteiger partial charge in [-0.2, -0.15) is 0 Å². The van der Waals surface area contributed by atoms with Crippen LogP contribution in [-0.4, -0.2) is 16.2 Å². The molecule has 3 aromatic rings. The third-order valence-corrected chi connectivity index (χ3v) is 4.21. The van der Waals surface area contributed by atoms with Gasteiger partial charge in [-0.3, -0.25) is 5.32 Å². The maximum atomic E-state index is 12.1. The number of halogens is 2. The highest BCUT2D eigenvalue weighted by Gasteiger charge is 2.18. The van der Waals surface area contributed by atoms with E-state index in [9.17, 15) is 4.79 Å². The molecule has 0 radical (unpaired) electrons. The Morgan fingerprint density at radius 3 is 2.65 bits per heavy atom. The molecule has 2 amide bonds. The van der Waals surface area contributed by atoms with Crippen molar-refractivity contribution in [3.63, 3.8) is 0 Å². The number of fused-ring (bicyclic) bond motifs is 1. The largest absolute Gasteiger partial charge is 0.334 e. The number of nitrogens with zero attached hydrogens (tertiary/aromatic N) is 2. The second kappa shape index (κ2) is 6.06. The molecule has 0 saturated carbocycles. The summed E-state index contributed by atoms with van der Waals surface area (Å²) in [5.41, 5.74) is 2.18. The van der Waals surface area contributed by atoms with E-state index in [2.05, 4.69) is 20.8 Å². The van der Waals surface area contributed by atoms with E-state index in [0.717, 1.165) is 5.56 Å². The van der Waals surface area contributed by atoms with Crippen molar-refractivity contribution in [1.29, 1.82) is 0 Å². The lowest BCUT2D eigenvalue weighted by atomic mass is 10.2. The summed E-state index contributed by atoms with van der Waals surface area (Å²) in [4.78, 5) is 16.3. The molecule has 0 spiro atoms. The van der Waals surface area contributed by atoms with Gasteiger partial charge in [-0.15, -0.1) is 0 Å². The van der Waals surface area contributed by atoms with Gasteiger partial charge in [0, 0.05) is 0 Å². The molecule has 0 unspecified atom stereocenters. The molecule has 2 heterocycles. The van der Waals surface area contributed by atoms with Crippen molar-refractivity contribution >= 4 is 51.8 Å². The Balaban J connectivity index is 1.89. The standard InChI is InChI=1S/C15H12Cl2N4O2/c1-7-11-13(21-23-14(11)18-8(2)12(7)17)20-15(22)19-10-6-4-3-5-9(10)16/h3-6H,1-2H3,(H2,19,20,21,22). The predicted octanol–water partition coefficient (Wildman–Crippen LogP) is 4.79. The summed E-state index contributed by atoms with van der Waals surface area (Å²) in [6, 6.07) is 6.42. The number of aryl methyl sites for hydroxylation is 2. The Hall–Kier alpha value is -2.31. The summed E-state index contributed by atoms with van der Waals surface area (Å²) in [7, 11) is 0. The van der Waals surface area contributed by atoms with Crippen LogP contribution in [0.5, 0.6) is 0 Å². The molecule has 118 valence electrons. The Labute approximate surface area is 141 Å². The third-order valence-electron chi connectivity index (χ3n) is 3.32. The highest BCUT2D eigenvalue weighted by Crippen LogP contribution is 2.31. The van der Waals surface area contributed by atoms with Gasteiger partial charge in [0.05, 0.1) is 26.8 Å². The molecule has 0 aliphatic heterocycles. The topological polar surface area (TPSA) is 80.1 Å². The maximum Gasteiger partial charge on any atom is 0.325 e. The van der Waals surface area contributed by atoms with Crippen molar-refractivity contribution in [1.82, 2.24) is 10.1 Å². The van der Waals surface area contributed by atoms with Crippen LogP contribution in [0.4, 0.5) is 16.3 Å². The summed E-state index contributed by atoms with van der Waals surface area (Å²) in [5.74, 6) is 0.247. The first-order valence-corrected chi connectivity index (χ1v) is 7.47. The lowest BCUT2D eigenvalue weighted by Crippen LogP contribution is -2.20. The lowest BCUT2D eigenvalue weighted by Gasteiger charge is -2.08. The Bertz CT molecular complexity index is 908. The van der Waals surface area contributed by atoms with Gasteiger partial charge < -0.3 is 9.84 Å². The number of hydrogen-bond acceptors (Lipinski definition) is 4. The van der Waals surface area contributed by atoms with Gasteiger partial charge in [0.2, 0.25) is 0 Å². The van der Waals surface area contributed by atoms with E-state index in [-0.39, 0.29) is 5.82 Å². The molecule has 2 aromatic heterocycles. The van der Waals surface area contributed by atoms with Gasteiger partial charge in [-0.1, -0.05) is 40.5 Å². The van der Waals surface area contributed by atoms with E-state index < -0.39 is 6.03 Å². The Morgan fingerprint density at radius 2 is 1.91 bits per heavy atom. The average molecular weight is 351 g/mol. The van der Waals surface area contributed by atoms with Crippen LogP contribution in [0.15, 0.2) is 28.8 Å². The van der Waals surface area contributed by atoms with E-state index in [1.807, 2.05) is 6.92 Å². The molecule has 0 atom stereocenters. The van der Waals surface area contributed by atoms with Crippen molar-refractivity contribution < 1.29 is 9.32 Å². The predicted molar refractivity (Wildman–Crippen MR) is 90.4 cm³/mol. The molecule has 0 aliphatic carbocycles. The average Bonchev–Trinajstić information content (AvgIpc) is 2.90. The molecule has 23 heavy (non-hydrogen) atoms. The second-order valence-electron chi connectivity index (χ2n) is 4.91. The van der Waals surface area contributed by atoms with Gasteiger partial charge in [-0.05, 0) is 31.5 Å². The number of urea groups is 1. The van der Waals surface area contributed by atoms with E-state index in [0.29, 0.717) is 32.5 Å². The summed E-state index contributed by atoms with van der Waals surface area (Å²) >= 11 is 12.2. The van der Waals surface area contributed by atoms with Crippen LogP contribution in [-0.2, 0) is 0 Å². The quantitative estimate of drug-likeness (QED) is 0.696. The van der Waals surface area contributed by atoms with Crippen LogP contribution in [0.3, 0.4) is 0 Å². The van der Waals surface area contributed by atoms with Crippen LogP contribution in [0, 0.1) is 13.8 Å². The minimum Gasteiger partial charge on any atom is -0.334 e. The number of rotatable bonds is 2. The zero-order valence-corrected chi connectivity index (χ0v) is 13.8. The number of para-hydroxylation sites is 1. The zero-order valence-electron chi connectivity index (χ0n) is 12.3. The smallest absolute Gasteiger partial charge is 0.325 e. The molecule has 0 aliphatic rings. The molecule has 0 bridgehead atoms. The summed E-state index contributed by atoms with van der Waals surface area (Å²) in [6.07, 6.45) is 0. The second-order valence-corrected chi connectivity index (χ2v) is 5.69. The van der Waals surface area contributed by atoms with E-state index in [4.69, 9.17) is 27.7 Å².